The molecule has 3 rings (SSSR count). The summed E-state index contributed by atoms with van der Waals surface area (Å²) >= 11 is 8.68. The smallest absolute Gasteiger partial charge is 0.407 e. The van der Waals surface area contributed by atoms with Crippen LogP contribution in [0.3, 0.4) is 0 Å². The molecule has 1 N–H and O–H groups in total. The Bertz CT molecular complexity index is 1060. The molecule has 3 aromatic heterocycles. The van der Waals surface area contributed by atoms with E-state index in [1.165, 1.54) is 34.2 Å². The molecule has 0 atom stereocenters. The fourth-order valence-electron chi connectivity index (χ4n) is 2.70. The van der Waals surface area contributed by atoms with Crippen LogP contribution in [0.5, 0.6) is 0 Å². The van der Waals surface area contributed by atoms with E-state index in [2.05, 4.69) is 15.0 Å². The molecule has 6 nitrogen and oxygen atoms in total. The van der Waals surface area contributed by atoms with E-state index in [9.17, 15) is 14.3 Å². The lowest BCUT2D eigenvalue weighted by Gasteiger charge is -2.27. The molecule has 3 heterocycles. The van der Waals surface area contributed by atoms with Crippen LogP contribution in [0.25, 0.3) is 11.3 Å². The second-order valence-electron chi connectivity index (χ2n) is 7.70. The number of hydrogen-bond donors (Lipinski definition) is 1. The van der Waals surface area contributed by atoms with Gasteiger partial charge in [0.2, 0.25) is 5.95 Å². The average molecular weight is 467 g/mol. The van der Waals surface area contributed by atoms with Gasteiger partial charge in [0.05, 0.1) is 16.3 Å². The summed E-state index contributed by atoms with van der Waals surface area (Å²) in [6.07, 6.45) is 1.94. The molecule has 0 aliphatic carbocycles. The molecule has 0 aromatic carbocycles. The van der Waals surface area contributed by atoms with Crippen LogP contribution in [0.2, 0.25) is 5.15 Å². The summed E-state index contributed by atoms with van der Waals surface area (Å²) in [6, 6.07) is 6.74. The highest BCUT2D eigenvalue weighted by Crippen LogP contribution is 2.41. The third-order valence-electron chi connectivity index (χ3n) is 3.82. The fraction of sp³-hybridized carbons (Fsp3) is 0.300. The standard InChI is InChI=1S/C20H20ClFN4O2S2/c1-20(2,3)11-26(19(27)28)10-15-25-16(13-5-4-7-24-17(13)22)18(30-15)29-12-6-8-23-14(21)9-12/h4-9H,10-11H2,1-3H3,(H,27,28). The van der Waals surface area contributed by atoms with Crippen molar-refractivity contribution in [1.82, 2.24) is 19.9 Å². The Balaban J connectivity index is 1.99. The first-order valence-electron chi connectivity index (χ1n) is 9.00. The van der Waals surface area contributed by atoms with Crippen molar-refractivity contribution in [3.63, 3.8) is 0 Å². The fourth-order valence-corrected chi connectivity index (χ4v) is 5.27. The number of nitrogens with zero attached hydrogens (tertiary/aromatic N) is 4. The van der Waals surface area contributed by atoms with E-state index >= 15 is 0 Å². The number of rotatable bonds is 6. The predicted molar refractivity (Wildman–Crippen MR) is 117 cm³/mol. The van der Waals surface area contributed by atoms with Crippen molar-refractivity contribution in [2.24, 2.45) is 5.41 Å². The number of thiazole rings is 1. The Hall–Kier alpha value is -2.23. The Labute approximate surface area is 187 Å². The number of aromatic nitrogens is 3. The van der Waals surface area contributed by atoms with Gasteiger partial charge >= 0.3 is 6.09 Å². The summed E-state index contributed by atoms with van der Waals surface area (Å²) < 4.78 is 15.1. The lowest BCUT2D eigenvalue weighted by atomic mass is 9.96. The minimum Gasteiger partial charge on any atom is -0.465 e. The van der Waals surface area contributed by atoms with Gasteiger partial charge in [0.25, 0.3) is 0 Å². The maximum atomic E-state index is 14.4. The zero-order valence-corrected chi connectivity index (χ0v) is 19.0. The quantitative estimate of drug-likeness (QED) is 0.444. The third-order valence-corrected chi connectivity index (χ3v) is 6.23. The van der Waals surface area contributed by atoms with Gasteiger partial charge in [-0.1, -0.05) is 44.1 Å². The first kappa shape index (κ1) is 22.5. The molecule has 0 fully saturated rings. The molecule has 0 saturated carbocycles. The van der Waals surface area contributed by atoms with Gasteiger partial charge in [0.1, 0.15) is 15.9 Å². The molecule has 0 aliphatic heterocycles. The van der Waals surface area contributed by atoms with Crippen molar-refractivity contribution in [3.8, 4) is 11.3 Å². The van der Waals surface area contributed by atoms with E-state index in [1.54, 1.807) is 30.5 Å². The van der Waals surface area contributed by atoms with Gasteiger partial charge in [0.15, 0.2) is 0 Å². The van der Waals surface area contributed by atoms with Crippen LogP contribution in [0, 0.1) is 11.4 Å². The van der Waals surface area contributed by atoms with Crippen LogP contribution in [0.15, 0.2) is 45.8 Å². The highest BCUT2D eigenvalue weighted by Gasteiger charge is 2.24. The van der Waals surface area contributed by atoms with Gasteiger partial charge in [-0.25, -0.2) is 19.7 Å². The summed E-state index contributed by atoms with van der Waals surface area (Å²) in [5.74, 6) is -0.631. The summed E-state index contributed by atoms with van der Waals surface area (Å²) in [6.45, 7) is 6.37. The number of pyridine rings is 2. The second kappa shape index (κ2) is 9.28. The first-order chi connectivity index (χ1) is 14.1. The van der Waals surface area contributed by atoms with Crippen LogP contribution >= 0.6 is 34.7 Å². The molecular weight excluding hydrogens is 447 g/mol. The summed E-state index contributed by atoms with van der Waals surface area (Å²) in [4.78, 5) is 26.1. The molecule has 0 radical (unpaired) electrons. The minimum atomic E-state index is -1.02. The van der Waals surface area contributed by atoms with Gasteiger partial charge in [0, 0.05) is 23.8 Å². The zero-order chi connectivity index (χ0) is 21.9. The summed E-state index contributed by atoms with van der Waals surface area (Å²) in [7, 11) is 0. The maximum Gasteiger partial charge on any atom is 0.407 e. The van der Waals surface area contributed by atoms with Gasteiger partial charge in [-0.2, -0.15) is 4.39 Å². The van der Waals surface area contributed by atoms with Crippen LogP contribution < -0.4 is 0 Å². The number of carboxylic acid groups (broad SMARTS) is 1. The largest absolute Gasteiger partial charge is 0.465 e. The molecule has 3 aromatic rings. The van der Waals surface area contributed by atoms with Gasteiger partial charge in [-0.3, -0.25) is 0 Å². The normalized spacial score (nSPS) is 11.5. The number of amides is 1. The van der Waals surface area contributed by atoms with Crippen LogP contribution in [0.4, 0.5) is 9.18 Å². The minimum absolute atomic E-state index is 0.115. The van der Waals surface area contributed by atoms with Crippen molar-refractivity contribution >= 4 is 40.8 Å². The Morgan fingerprint density at radius 3 is 2.70 bits per heavy atom. The van der Waals surface area contributed by atoms with E-state index in [4.69, 9.17) is 11.6 Å². The molecule has 0 unspecified atom stereocenters. The Morgan fingerprint density at radius 2 is 2.07 bits per heavy atom. The van der Waals surface area contributed by atoms with Gasteiger partial charge in [-0.05, 0) is 29.7 Å². The zero-order valence-electron chi connectivity index (χ0n) is 16.6. The third kappa shape index (κ3) is 5.90. The van der Waals surface area contributed by atoms with E-state index < -0.39 is 12.0 Å². The number of halogens is 2. The van der Waals surface area contributed by atoms with Crippen molar-refractivity contribution < 1.29 is 14.3 Å². The van der Waals surface area contributed by atoms with Crippen molar-refractivity contribution in [2.45, 2.75) is 36.4 Å². The van der Waals surface area contributed by atoms with E-state index in [0.717, 1.165) is 9.10 Å². The van der Waals surface area contributed by atoms with E-state index in [0.29, 0.717) is 22.4 Å². The monoisotopic (exact) mass is 466 g/mol. The van der Waals surface area contributed by atoms with Gasteiger partial charge in [-0.15, -0.1) is 11.3 Å². The molecule has 10 heteroatoms. The molecule has 1 amide bonds. The molecule has 0 bridgehead atoms. The predicted octanol–water partition coefficient (Wildman–Crippen LogP) is 6.07. The number of hydrogen-bond acceptors (Lipinski definition) is 6. The lowest BCUT2D eigenvalue weighted by molar-refractivity contribution is 0.123. The highest BCUT2D eigenvalue weighted by atomic mass is 35.5. The highest BCUT2D eigenvalue weighted by molar-refractivity contribution is 8.01. The van der Waals surface area contributed by atoms with E-state index in [-0.39, 0.29) is 17.5 Å². The topological polar surface area (TPSA) is 79.2 Å². The number of carbonyl (C=O) groups is 1. The summed E-state index contributed by atoms with van der Waals surface area (Å²) in [5.41, 5.74) is 0.485. The maximum absolute atomic E-state index is 14.4. The van der Waals surface area contributed by atoms with Crippen molar-refractivity contribution in [1.29, 1.82) is 0 Å². The van der Waals surface area contributed by atoms with Crippen LogP contribution in [-0.4, -0.2) is 37.6 Å². The first-order valence-corrected chi connectivity index (χ1v) is 11.0. The molecule has 0 spiro atoms. The van der Waals surface area contributed by atoms with Crippen molar-refractivity contribution in [2.75, 3.05) is 6.54 Å². The molecule has 30 heavy (non-hydrogen) atoms. The van der Waals surface area contributed by atoms with E-state index in [1.807, 2.05) is 20.8 Å². The van der Waals surface area contributed by atoms with Gasteiger partial charge < -0.3 is 10.0 Å². The second-order valence-corrected chi connectivity index (χ2v) is 10.5. The molecule has 0 aliphatic rings. The molecular formula is C20H20ClFN4O2S2. The summed E-state index contributed by atoms with van der Waals surface area (Å²) in [5, 5.41) is 10.5. The average Bonchev–Trinajstić information content (AvgIpc) is 3.02. The molecule has 158 valence electrons. The Morgan fingerprint density at radius 1 is 1.30 bits per heavy atom. The SMILES string of the molecule is CC(C)(C)CN(Cc1nc(-c2cccnc2F)c(Sc2ccnc(Cl)c2)s1)C(=O)O. The van der Waals surface area contributed by atoms with Crippen LogP contribution in [0.1, 0.15) is 25.8 Å². The van der Waals surface area contributed by atoms with Crippen LogP contribution in [-0.2, 0) is 6.54 Å². The lowest BCUT2D eigenvalue weighted by Crippen LogP contribution is -2.36. The molecule has 0 saturated heterocycles. The Kier molecular flexibility index (Phi) is 6.95. The van der Waals surface area contributed by atoms with Crippen molar-refractivity contribution in [3.05, 3.63) is 52.8 Å².